The van der Waals surface area contributed by atoms with E-state index < -0.39 is 0 Å². The van der Waals surface area contributed by atoms with Crippen LogP contribution in [0.5, 0.6) is 5.75 Å². The van der Waals surface area contributed by atoms with E-state index in [0.717, 1.165) is 22.4 Å². The summed E-state index contributed by atoms with van der Waals surface area (Å²) in [6.07, 6.45) is 6.15. The van der Waals surface area contributed by atoms with Gasteiger partial charge in [-0.2, -0.15) is 0 Å². The molecule has 3 heteroatoms. The molecule has 2 rings (SSSR count). The number of oxime groups is 1. The number of aromatic hydroxyl groups is 1. The summed E-state index contributed by atoms with van der Waals surface area (Å²) in [4.78, 5) is 5.22. The third-order valence-corrected chi connectivity index (χ3v) is 5.20. The summed E-state index contributed by atoms with van der Waals surface area (Å²) in [5.41, 5.74) is 3.83. The molecule has 0 atom stereocenters. The van der Waals surface area contributed by atoms with Gasteiger partial charge >= 0.3 is 0 Å². The average Bonchev–Trinajstić information content (AvgIpc) is 2.51. The second kappa shape index (κ2) is 7.39. The van der Waals surface area contributed by atoms with Crippen LogP contribution in [0.25, 0.3) is 0 Å². The molecule has 1 aromatic carbocycles. The summed E-state index contributed by atoms with van der Waals surface area (Å²) in [6, 6.07) is 4.24. The molecule has 0 saturated heterocycles. The predicted molar refractivity (Wildman–Crippen MR) is 106 cm³/mol. The van der Waals surface area contributed by atoms with Crippen molar-refractivity contribution in [3.05, 3.63) is 28.8 Å². The standard InChI is InChI=1S/C22H35NO2/c1-21(2,3)17-13-16(14-18(20(17)24)22(4,5)6)19(23-25-7)15-11-9-8-10-12-15/h13-15,24H,8-12H2,1-7H3/b23-19+. The lowest BCUT2D eigenvalue weighted by atomic mass is 9.76. The second-order valence-corrected chi connectivity index (χ2v) is 9.41. The summed E-state index contributed by atoms with van der Waals surface area (Å²) < 4.78 is 0. The monoisotopic (exact) mass is 345 g/mol. The molecule has 1 N–H and O–H groups in total. The molecule has 25 heavy (non-hydrogen) atoms. The first-order chi connectivity index (χ1) is 11.6. The van der Waals surface area contributed by atoms with Crippen molar-refractivity contribution in [2.24, 2.45) is 11.1 Å². The summed E-state index contributed by atoms with van der Waals surface area (Å²) in [6.45, 7) is 12.9. The molecule has 0 heterocycles. The van der Waals surface area contributed by atoms with Crippen LogP contribution in [0.4, 0.5) is 0 Å². The van der Waals surface area contributed by atoms with Gasteiger partial charge < -0.3 is 9.94 Å². The van der Waals surface area contributed by atoms with Crippen LogP contribution in [-0.4, -0.2) is 17.9 Å². The molecule has 0 unspecified atom stereocenters. The first kappa shape index (κ1) is 19.8. The van der Waals surface area contributed by atoms with E-state index in [4.69, 9.17) is 4.84 Å². The SMILES string of the molecule is CO/N=C(/c1cc(C(C)(C)C)c(O)c(C(C)(C)C)c1)C1CCCCC1. The van der Waals surface area contributed by atoms with E-state index in [0.29, 0.717) is 11.7 Å². The maximum Gasteiger partial charge on any atom is 0.123 e. The summed E-state index contributed by atoms with van der Waals surface area (Å²) in [5, 5.41) is 15.4. The van der Waals surface area contributed by atoms with Gasteiger partial charge in [-0.3, -0.25) is 0 Å². The Kier molecular flexibility index (Phi) is 5.86. The molecule has 1 aliphatic rings. The van der Waals surface area contributed by atoms with E-state index in [1.54, 1.807) is 7.11 Å². The molecule has 3 nitrogen and oxygen atoms in total. The molecule has 0 aliphatic heterocycles. The number of rotatable bonds is 3. The Labute approximate surface area is 153 Å². The normalized spacial score (nSPS) is 17.6. The molecule has 0 radical (unpaired) electrons. The third-order valence-electron chi connectivity index (χ3n) is 5.20. The van der Waals surface area contributed by atoms with Crippen LogP contribution in [-0.2, 0) is 15.7 Å². The van der Waals surface area contributed by atoms with Crippen molar-refractivity contribution >= 4 is 5.71 Å². The zero-order valence-corrected chi connectivity index (χ0v) is 17.1. The van der Waals surface area contributed by atoms with Crippen molar-refractivity contribution in [2.45, 2.75) is 84.5 Å². The Morgan fingerprint density at radius 3 is 1.84 bits per heavy atom. The topological polar surface area (TPSA) is 41.8 Å². The second-order valence-electron chi connectivity index (χ2n) is 9.41. The minimum atomic E-state index is -0.134. The first-order valence-corrected chi connectivity index (χ1v) is 9.55. The molecule has 1 fully saturated rings. The average molecular weight is 346 g/mol. The van der Waals surface area contributed by atoms with E-state index in [-0.39, 0.29) is 10.8 Å². The molecular formula is C22H35NO2. The fourth-order valence-electron chi connectivity index (χ4n) is 3.76. The van der Waals surface area contributed by atoms with Gasteiger partial charge in [0.2, 0.25) is 0 Å². The number of phenols is 1. The smallest absolute Gasteiger partial charge is 0.123 e. The molecule has 0 amide bonds. The first-order valence-electron chi connectivity index (χ1n) is 9.55. The zero-order valence-electron chi connectivity index (χ0n) is 17.1. The lowest BCUT2D eigenvalue weighted by Crippen LogP contribution is -2.23. The Morgan fingerprint density at radius 2 is 1.44 bits per heavy atom. The highest BCUT2D eigenvalue weighted by molar-refractivity contribution is 6.02. The van der Waals surface area contributed by atoms with Crippen LogP contribution < -0.4 is 0 Å². The molecule has 1 aliphatic carbocycles. The fraction of sp³-hybridized carbons (Fsp3) is 0.682. The maximum absolute atomic E-state index is 10.9. The molecule has 1 saturated carbocycles. The van der Waals surface area contributed by atoms with Gasteiger partial charge in [-0.05, 0) is 35.8 Å². The van der Waals surface area contributed by atoms with E-state index in [2.05, 4.69) is 58.8 Å². The van der Waals surface area contributed by atoms with Crippen LogP contribution in [0.15, 0.2) is 17.3 Å². The van der Waals surface area contributed by atoms with Gasteiger partial charge in [0.1, 0.15) is 12.9 Å². The molecular weight excluding hydrogens is 310 g/mol. The highest BCUT2D eigenvalue weighted by Crippen LogP contribution is 2.41. The van der Waals surface area contributed by atoms with Gasteiger partial charge in [-0.1, -0.05) is 66.0 Å². The Bertz CT molecular complexity index is 591. The number of benzene rings is 1. The van der Waals surface area contributed by atoms with Gasteiger partial charge in [0.05, 0.1) is 5.71 Å². The van der Waals surface area contributed by atoms with E-state index in [1.807, 2.05) is 0 Å². The third kappa shape index (κ3) is 4.56. The molecule has 0 spiro atoms. The number of phenolic OH excluding ortho intramolecular Hbond substituents is 1. The lowest BCUT2D eigenvalue weighted by molar-refractivity contribution is 0.210. The van der Waals surface area contributed by atoms with Crippen molar-refractivity contribution in [3.8, 4) is 5.75 Å². The number of hydrogen-bond acceptors (Lipinski definition) is 3. The van der Waals surface area contributed by atoms with Crippen molar-refractivity contribution in [2.75, 3.05) is 7.11 Å². The highest BCUT2D eigenvalue weighted by atomic mass is 16.6. The van der Waals surface area contributed by atoms with E-state index in [9.17, 15) is 5.11 Å². The molecule has 0 bridgehead atoms. The van der Waals surface area contributed by atoms with Crippen molar-refractivity contribution in [3.63, 3.8) is 0 Å². The minimum absolute atomic E-state index is 0.134. The number of nitrogens with zero attached hydrogens (tertiary/aromatic N) is 1. The van der Waals surface area contributed by atoms with Gasteiger partial charge in [-0.15, -0.1) is 0 Å². The van der Waals surface area contributed by atoms with Crippen LogP contribution in [0.1, 0.15) is 90.3 Å². The van der Waals surface area contributed by atoms with Crippen molar-refractivity contribution in [1.82, 2.24) is 0 Å². The molecule has 0 aromatic heterocycles. The van der Waals surface area contributed by atoms with Crippen LogP contribution in [0.3, 0.4) is 0 Å². The zero-order chi connectivity index (χ0) is 18.8. The van der Waals surface area contributed by atoms with Crippen molar-refractivity contribution in [1.29, 1.82) is 0 Å². The highest BCUT2D eigenvalue weighted by Gasteiger charge is 2.29. The summed E-state index contributed by atoms with van der Waals surface area (Å²) in [5.74, 6) is 0.864. The van der Waals surface area contributed by atoms with Crippen LogP contribution >= 0.6 is 0 Å². The van der Waals surface area contributed by atoms with Crippen LogP contribution in [0.2, 0.25) is 0 Å². The van der Waals surface area contributed by atoms with Gasteiger partial charge in [-0.25, -0.2) is 0 Å². The molecule has 1 aromatic rings. The van der Waals surface area contributed by atoms with E-state index >= 15 is 0 Å². The maximum atomic E-state index is 10.9. The number of hydrogen-bond donors (Lipinski definition) is 1. The Balaban J connectivity index is 2.64. The predicted octanol–water partition coefficient (Wildman–Crippen LogP) is 5.92. The Morgan fingerprint density at radius 1 is 0.960 bits per heavy atom. The molecule has 140 valence electrons. The quantitative estimate of drug-likeness (QED) is 0.546. The lowest BCUT2D eigenvalue weighted by Gasteiger charge is -2.30. The fourth-order valence-corrected chi connectivity index (χ4v) is 3.76. The van der Waals surface area contributed by atoms with E-state index in [1.165, 1.54) is 32.1 Å². The van der Waals surface area contributed by atoms with Gasteiger partial charge in [0.25, 0.3) is 0 Å². The summed E-state index contributed by atoms with van der Waals surface area (Å²) in [7, 11) is 1.62. The summed E-state index contributed by atoms with van der Waals surface area (Å²) >= 11 is 0. The van der Waals surface area contributed by atoms with Crippen LogP contribution in [0, 0.1) is 5.92 Å². The van der Waals surface area contributed by atoms with Gasteiger partial charge in [0.15, 0.2) is 0 Å². The minimum Gasteiger partial charge on any atom is -0.507 e. The van der Waals surface area contributed by atoms with Gasteiger partial charge in [0, 0.05) is 22.6 Å². The van der Waals surface area contributed by atoms with Crippen molar-refractivity contribution < 1.29 is 9.94 Å². The largest absolute Gasteiger partial charge is 0.507 e. The Hall–Kier alpha value is -1.51.